The van der Waals surface area contributed by atoms with Crippen molar-refractivity contribution in [2.75, 3.05) is 6.61 Å². The average molecular weight is 462 g/mol. The number of hydrogen-bond acceptors (Lipinski definition) is 4. The van der Waals surface area contributed by atoms with Crippen molar-refractivity contribution in [1.29, 1.82) is 0 Å². The number of hydrogen-bond donors (Lipinski definition) is 1. The van der Waals surface area contributed by atoms with Gasteiger partial charge in [0.05, 0.1) is 18.2 Å². The fourth-order valence-electron chi connectivity index (χ4n) is 5.26. The molecule has 1 atom stereocenters. The van der Waals surface area contributed by atoms with Gasteiger partial charge >= 0.3 is 0 Å². The summed E-state index contributed by atoms with van der Waals surface area (Å²) in [4.78, 5) is 28.4. The fraction of sp³-hybridized carbons (Fsp3) is 0.448. The zero-order chi connectivity index (χ0) is 24.4. The number of nitrogens with zero attached hydrogens (tertiary/aromatic N) is 1. The van der Waals surface area contributed by atoms with Crippen molar-refractivity contribution in [3.63, 3.8) is 0 Å². The lowest BCUT2D eigenvalue weighted by atomic mass is 9.92. The molecule has 4 rings (SSSR count). The van der Waals surface area contributed by atoms with E-state index in [-0.39, 0.29) is 23.3 Å². The SMILES string of the molecule is CCOc1ccc(/C(O)=C2/C(=O)C(=O)N(C3CCCC3)C2c2ccc(CC)cc2)cc1C(C)C. The lowest BCUT2D eigenvalue weighted by Gasteiger charge is -2.31. The molecule has 1 saturated heterocycles. The molecule has 2 aromatic carbocycles. The molecule has 1 unspecified atom stereocenters. The van der Waals surface area contributed by atoms with Crippen molar-refractivity contribution in [3.8, 4) is 5.75 Å². The topological polar surface area (TPSA) is 66.8 Å². The number of Topliss-reactive ketones (excluding diaryl/α,β-unsaturated/α-hetero) is 1. The summed E-state index contributed by atoms with van der Waals surface area (Å²) in [5.41, 5.74) is 3.72. The van der Waals surface area contributed by atoms with Gasteiger partial charge in [-0.15, -0.1) is 0 Å². The molecule has 1 aliphatic carbocycles. The summed E-state index contributed by atoms with van der Waals surface area (Å²) in [6.07, 6.45) is 4.78. The van der Waals surface area contributed by atoms with Crippen LogP contribution in [0.4, 0.5) is 0 Å². The number of aliphatic hydroxyl groups is 1. The number of rotatable bonds is 7. The number of ketones is 1. The maximum absolute atomic E-state index is 13.3. The molecule has 5 heteroatoms. The summed E-state index contributed by atoms with van der Waals surface area (Å²) < 4.78 is 5.77. The van der Waals surface area contributed by atoms with Crippen molar-refractivity contribution < 1.29 is 19.4 Å². The number of likely N-dealkylation sites (tertiary alicyclic amines) is 1. The molecule has 1 amide bonds. The van der Waals surface area contributed by atoms with Gasteiger partial charge in [0.15, 0.2) is 0 Å². The molecule has 0 radical (unpaired) electrons. The number of amides is 1. The van der Waals surface area contributed by atoms with Crippen LogP contribution in [-0.2, 0) is 16.0 Å². The number of benzene rings is 2. The third-order valence-corrected chi connectivity index (χ3v) is 7.11. The Morgan fingerprint density at radius 2 is 1.74 bits per heavy atom. The van der Waals surface area contributed by atoms with Gasteiger partial charge < -0.3 is 14.7 Å². The first-order chi connectivity index (χ1) is 16.4. The third-order valence-electron chi connectivity index (χ3n) is 7.11. The minimum atomic E-state index is -0.603. The molecule has 1 saturated carbocycles. The minimum Gasteiger partial charge on any atom is -0.507 e. The van der Waals surface area contributed by atoms with E-state index in [0.29, 0.717) is 12.2 Å². The first-order valence-electron chi connectivity index (χ1n) is 12.5. The Bertz CT molecular complexity index is 1090. The Kier molecular flexibility index (Phi) is 7.11. The molecule has 34 heavy (non-hydrogen) atoms. The molecule has 2 aliphatic rings. The Hall–Kier alpha value is -3.08. The van der Waals surface area contributed by atoms with Gasteiger partial charge in [0, 0.05) is 11.6 Å². The van der Waals surface area contributed by atoms with E-state index in [1.54, 1.807) is 11.0 Å². The lowest BCUT2D eigenvalue weighted by Crippen LogP contribution is -2.37. The maximum Gasteiger partial charge on any atom is 0.295 e. The van der Waals surface area contributed by atoms with Crippen molar-refractivity contribution in [3.05, 3.63) is 70.3 Å². The predicted molar refractivity (Wildman–Crippen MR) is 134 cm³/mol. The number of ether oxygens (including phenoxy) is 1. The smallest absolute Gasteiger partial charge is 0.295 e. The number of carbonyl (C=O) groups is 2. The number of carbonyl (C=O) groups excluding carboxylic acids is 2. The van der Waals surface area contributed by atoms with E-state index in [1.807, 2.05) is 43.3 Å². The second-order valence-corrected chi connectivity index (χ2v) is 9.58. The van der Waals surface area contributed by atoms with Crippen LogP contribution >= 0.6 is 0 Å². The standard InChI is InChI=1S/C29H35NO4/c1-5-19-11-13-20(14-12-19)26-25(28(32)29(33)30(26)22-9-7-8-10-22)27(31)21-15-16-24(34-6-2)23(17-21)18(3)4/h11-18,22,26,31H,5-10H2,1-4H3/b27-25-. The molecule has 1 N–H and O–H groups in total. The van der Waals surface area contributed by atoms with E-state index in [2.05, 4.69) is 20.8 Å². The van der Waals surface area contributed by atoms with Crippen LogP contribution in [0.15, 0.2) is 48.0 Å². The quantitative estimate of drug-likeness (QED) is 0.306. The Morgan fingerprint density at radius 3 is 2.32 bits per heavy atom. The molecule has 1 aliphatic heterocycles. The highest BCUT2D eigenvalue weighted by atomic mass is 16.5. The zero-order valence-corrected chi connectivity index (χ0v) is 20.6. The van der Waals surface area contributed by atoms with Crippen molar-refractivity contribution in [2.24, 2.45) is 0 Å². The molecule has 0 aromatic heterocycles. The van der Waals surface area contributed by atoms with Crippen LogP contribution in [0.25, 0.3) is 5.76 Å². The molecule has 2 fully saturated rings. The zero-order valence-electron chi connectivity index (χ0n) is 20.6. The highest BCUT2D eigenvalue weighted by molar-refractivity contribution is 6.46. The van der Waals surface area contributed by atoms with E-state index in [0.717, 1.165) is 49.0 Å². The first kappa shape index (κ1) is 24.1. The highest BCUT2D eigenvalue weighted by Crippen LogP contribution is 2.44. The van der Waals surface area contributed by atoms with Crippen LogP contribution in [0.3, 0.4) is 0 Å². The second-order valence-electron chi connectivity index (χ2n) is 9.58. The van der Waals surface area contributed by atoms with Crippen LogP contribution in [-0.4, -0.2) is 34.3 Å². The summed E-state index contributed by atoms with van der Waals surface area (Å²) in [6, 6.07) is 13.0. The van der Waals surface area contributed by atoms with Crippen molar-refractivity contribution in [1.82, 2.24) is 4.90 Å². The van der Waals surface area contributed by atoms with Crippen LogP contribution in [0.2, 0.25) is 0 Å². The minimum absolute atomic E-state index is 0.0177. The maximum atomic E-state index is 13.3. The second kappa shape index (κ2) is 10.0. The van der Waals surface area contributed by atoms with Crippen LogP contribution in [0.5, 0.6) is 5.75 Å². The summed E-state index contributed by atoms with van der Waals surface area (Å²) in [5.74, 6) is -0.282. The van der Waals surface area contributed by atoms with Crippen molar-refractivity contribution in [2.45, 2.75) is 77.8 Å². The lowest BCUT2D eigenvalue weighted by molar-refractivity contribution is -0.141. The van der Waals surface area contributed by atoms with Gasteiger partial charge in [-0.2, -0.15) is 0 Å². The number of aryl methyl sites for hydroxylation is 1. The average Bonchev–Trinajstić information content (AvgIpc) is 3.46. The van der Waals surface area contributed by atoms with E-state index in [9.17, 15) is 14.7 Å². The van der Waals surface area contributed by atoms with E-state index < -0.39 is 17.7 Å². The molecule has 2 aromatic rings. The van der Waals surface area contributed by atoms with Crippen LogP contribution < -0.4 is 4.74 Å². The van der Waals surface area contributed by atoms with Gasteiger partial charge in [-0.1, -0.05) is 57.9 Å². The molecule has 5 nitrogen and oxygen atoms in total. The summed E-state index contributed by atoms with van der Waals surface area (Å²) in [7, 11) is 0. The number of aliphatic hydroxyl groups excluding tert-OH is 1. The Balaban J connectivity index is 1.86. The van der Waals surface area contributed by atoms with Gasteiger partial charge in [-0.05, 0) is 67.0 Å². The van der Waals surface area contributed by atoms with Crippen LogP contribution in [0, 0.1) is 0 Å². The fourth-order valence-corrected chi connectivity index (χ4v) is 5.26. The van der Waals surface area contributed by atoms with Gasteiger partial charge in [0.25, 0.3) is 11.7 Å². The highest BCUT2D eigenvalue weighted by Gasteiger charge is 2.49. The molecular formula is C29H35NO4. The molecule has 0 bridgehead atoms. The monoisotopic (exact) mass is 461 g/mol. The third kappa shape index (κ3) is 4.36. The summed E-state index contributed by atoms with van der Waals surface area (Å²) >= 11 is 0. The van der Waals surface area contributed by atoms with Gasteiger partial charge in [-0.25, -0.2) is 0 Å². The molecular weight excluding hydrogens is 426 g/mol. The Labute approximate surface area is 202 Å². The van der Waals surface area contributed by atoms with Gasteiger partial charge in [0.2, 0.25) is 0 Å². The van der Waals surface area contributed by atoms with E-state index >= 15 is 0 Å². The molecule has 0 spiro atoms. The Morgan fingerprint density at radius 1 is 1.06 bits per heavy atom. The largest absolute Gasteiger partial charge is 0.507 e. The molecule has 1 heterocycles. The predicted octanol–water partition coefficient (Wildman–Crippen LogP) is 6.14. The van der Waals surface area contributed by atoms with Crippen LogP contribution in [0.1, 0.15) is 87.6 Å². The molecule has 180 valence electrons. The first-order valence-corrected chi connectivity index (χ1v) is 12.5. The van der Waals surface area contributed by atoms with E-state index in [1.165, 1.54) is 5.56 Å². The normalized spacial score (nSPS) is 20.5. The van der Waals surface area contributed by atoms with Gasteiger partial charge in [0.1, 0.15) is 11.5 Å². The summed E-state index contributed by atoms with van der Waals surface area (Å²) in [6.45, 7) is 8.71. The van der Waals surface area contributed by atoms with E-state index in [4.69, 9.17) is 4.74 Å². The summed E-state index contributed by atoms with van der Waals surface area (Å²) in [5, 5.41) is 11.5. The van der Waals surface area contributed by atoms with Crippen molar-refractivity contribution >= 4 is 17.4 Å². The van der Waals surface area contributed by atoms with Gasteiger partial charge in [-0.3, -0.25) is 9.59 Å².